The number of hydrogen-bond acceptors (Lipinski definition) is 3. The summed E-state index contributed by atoms with van der Waals surface area (Å²) >= 11 is 0. The zero-order chi connectivity index (χ0) is 15.3. The highest BCUT2D eigenvalue weighted by molar-refractivity contribution is 5.93. The third kappa shape index (κ3) is 2.36. The van der Waals surface area contributed by atoms with Gasteiger partial charge in [0.25, 0.3) is 0 Å². The molecule has 3 rings (SSSR count). The van der Waals surface area contributed by atoms with Crippen LogP contribution < -0.4 is 11.2 Å². The molecule has 1 aromatic carbocycles. The lowest BCUT2D eigenvalue weighted by molar-refractivity contribution is 0.0695. The topological polar surface area (TPSA) is 85.3 Å². The highest BCUT2D eigenvalue weighted by Crippen LogP contribution is 2.38. The van der Waals surface area contributed by atoms with Gasteiger partial charge in [-0.1, -0.05) is 0 Å². The number of pyridine rings is 1. The SMILES string of the molecule is Cl.NCc1c(F)cc2c(=O)c(C(=O)O)cn(C3CC3)c2c1F. The fourth-order valence-electron chi connectivity index (χ4n) is 2.46. The van der Waals surface area contributed by atoms with Gasteiger partial charge in [-0.2, -0.15) is 0 Å². The average molecular weight is 331 g/mol. The minimum Gasteiger partial charge on any atom is -0.477 e. The highest BCUT2D eigenvalue weighted by Gasteiger charge is 2.29. The Bertz CT molecular complexity index is 831. The minimum absolute atomic E-state index is 0. The van der Waals surface area contributed by atoms with Crippen LogP contribution in [-0.4, -0.2) is 15.6 Å². The molecule has 1 aliphatic rings. The van der Waals surface area contributed by atoms with Crippen LogP contribution in [0.1, 0.15) is 34.8 Å². The normalized spacial score (nSPS) is 14.0. The van der Waals surface area contributed by atoms with Crippen LogP contribution in [0.25, 0.3) is 10.9 Å². The number of aromatic nitrogens is 1. The van der Waals surface area contributed by atoms with E-state index in [2.05, 4.69) is 0 Å². The molecule has 1 heterocycles. The molecule has 0 amide bonds. The molecule has 0 atom stereocenters. The molecule has 0 spiro atoms. The van der Waals surface area contributed by atoms with Crippen LogP contribution in [0, 0.1) is 11.6 Å². The fraction of sp³-hybridized carbons (Fsp3) is 0.286. The van der Waals surface area contributed by atoms with E-state index in [1.54, 1.807) is 0 Å². The van der Waals surface area contributed by atoms with Crippen molar-refractivity contribution in [1.29, 1.82) is 0 Å². The second-order valence-corrected chi connectivity index (χ2v) is 5.07. The molecule has 118 valence electrons. The van der Waals surface area contributed by atoms with Crippen molar-refractivity contribution in [3.8, 4) is 0 Å². The smallest absolute Gasteiger partial charge is 0.341 e. The summed E-state index contributed by atoms with van der Waals surface area (Å²) < 4.78 is 29.7. The molecule has 0 saturated heterocycles. The number of fused-ring (bicyclic) bond motifs is 1. The number of carbonyl (C=O) groups is 1. The molecule has 2 aromatic rings. The second kappa shape index (κ2) is 5.66. The van der Waals surface area contributed by atoms with Crippen LogP contribution in [-0.2, 0) is 6.54 Å². The molecule has 1 saturated carbocycles. The first-order valence-corrected chi connectivity index (χ1v) is 6.44. The van der Waals surface area contributed by atoms with E-state index >= 15 is 0 Å². The molecular weight excluding hydrogens is 318 g/mol. The lowest BCUT2D eigenvalue weighted by atomic mass is 10.1. The molecule has 0 aliphatic heterocycles. The molecule has 3 N–H and O–H groups in total. The van der Waals surface area contributed by atoms with Gasteiger partial charge in [-0.15, -0.1) is 12.4 Å². The first-order chi connectivity index (χ1) is 9.95. The van der Waals surface area contributed by atoms with E-state index in [0.29, 0.717) is 0 Å². The monoisotopic (exact) mass is 330 g/mol. The number of aromatic carboxylic acids is 1. The lowest BCUT2D eigenvalue weighted by Crippen LogP contribution is -2.20. The Morgan fingerprint density at radius 2 is 2.05 bits per heavy atom. The summed E-state index contributed by atoms with van der Waals surface area (Å²) in [6.45, 7) is -0.340. The summed E-state index contributed by atoms with van der Waals surface area (Å²) in [4.78, 5) is 23.2. The Hall–Kier alpha value is -1.99. The number of halogens is 3. The number of carboxylic acids is 1. The average Bonchev–Trinajstić information content (AvgIpc) is 3.24. The van der Waals surface area contributed by atoms with Gasteiger partial charge >= 0.3 is 5.97 Å². The van der Waals surface area contributed by atoms with Gasteiger partial charge in [-0.3, -0.25) is 4.79 Å². The van der Waals surface area contributed by atoms with E-state index in [0.717, 1.165) is 25.1 Å². The van der Waals surface area contributed by atoms with E-state index in [1.165, 1.54) is 4.57 Å². The van der Waals surface area contributed by atoms with Crippen molar-refractivity contribution in [3.05, 3.63) is 45.2 Å². The molecule has 8 heteroatoms. The molecule has 0 unspecified atom stereocenters. The first kappa shape index (κ1) is 16.4. The van der Waals surface area contributed by atoms with Crippen molar-refractivity contribution in [2.24, 2.45) is 5.73 Å². The summed E-state index contributed by atoms with van der Waals surface area (Å²) in [6.07, 6.45) is 2.64. The van der Waals surface area contributed by atoms with Crippen LogP contribution in [0.3, 0.4) is 0 Å². The van der Waals surface area contributed by atoms with E-state index in [9.17, 15) is 18.4 Å². The molecule has 0 bridgehead atoms. The zero-order valence-electron chi connectivity index (χ0n) is 11.3. The first-order valence-electron chi connectivity index (χ1n) is 6.44. The summed E-state index contributed by atoms with van der Waals surface area (Å²) in [6, 6.07) is 0.797. The van der Waals surface area contributed by atoms with Gasteiger partial charge in [-0.05, 0) is 18.9 Å². The number of rotatable bonds is 3. The maximum absolute atomic E-state index is 14.5. The standard InChI is InChI=1S/C14H12F2N2O3.ClH/c15-10-3-7-12(11(16)8(10)4-17)18(6-1-2-6)5-9(13(7)19)14(20)21;/h3,5-6H,1-2,4,17H2,(H,20,21);1H. The third-order valence-electron chi connectivity index (χ3n) is 3.68. The van der Waals surface area contributed by atoms with Gasteiger partial charge in [0.15, 0.2) is 5.82 Å². The van der Waals surface area contributed by atoms with Crippen LogP contribution in [0.5, 0.6) is 0 Å². The van der Waals surface area contributed by atoms with Crippen LogP contribution in [0.15, 0.2) is 17.1 Å². The van der Waals surface area contributed by atoms with E-state index in [4.69, 9.17) is 10.8 Å². The van der Waals surface area contributed by atoms with Crippen LogP contribution in [0.4, 0.5) is 8.78 Å². The van der Waals surface area contributed by atoms with Gasteiger partial charge < -0.3 is 15.4 Å². The second-order valence-electron chi connectivity index (χ2n) is 5.07. The summed E-state index contributed by atoms with van der Waals surface area (Å²) in [7, 11) is 0. The van der Waals surface area contributed by atoms with Crippen molar-refractivity contribution in [2.75, 3.05) is 0 Å². The Morgan fingerprint density at radius 3 is 2.55 bits per heavy atom. The van der Waals surface area contributed by atoms with Crippen molar-refractivity contribution in [2.45, 2.75) is 25.4 Å². The Balaban J connectivity index is 0.00000176. The lowest BCUT2D eigenvalue weighted by Gasteiger charge is -2.14. The molecular formula is C14H13ClF2N2O3. The van der Waals surface area contributed by atoms with E-state index < -0.39 is 28.6 Å². The Kier molecular flexibility index (Phi) is 4.21. The van der Waals surface area contributed by atoms with Crippen molar-refractivity contribution >= 4 is 29.3 Å². The van der Waals surface area contributed by atoms with Crippen molar-refractivity contribution in [1.82, 2.24) is 4.57 Å². The van der Waals surface area contributed by atoms with Crippen LogP contribution >= 0.6 is 12.4 Å². The predicted molar refractivity (Wildman–Crippen MR) is 78.5 cm³/mol. The van der Waals surface area contributed by atoms with Crippen molar-refractivity contribution < 1.29 is 18.7 Å². The Labute approximate surface area is 129 Å². The van der Waals surface area contributed by atoms with Crippen molar-refractivity contribution in [3.63, 3.8) is 0 Å². The molecule has 1 aliphatic carbocycles. The number of benzene rings is 1. The maximum atomic E-state index is 14.5. The quantitative estimate of drug-likeness (QED) is 0.903. The summed E-state index contributed by atoms with van der Waals surface area (Å²) in [5.41, 5.74) is 3.57. The van der Waals surface area contributed by atoms with Gasteiger partial charge in [0, 0.05) is 24.3 Å². The number of nitrogens with two attached hydrogens (primary N) is 1. The third-order valence-corrected chi connectivity index (χ3v) is 3.68. The number of hydrogen-bond donors (Lipinski definition) is 2. The molecule has 5 nitrogen and oxygen atoms in total. The minimum atomic E-state index is -1.42. The van der Waals surface area contributed by atoms with Gasteiger partial charge in [0.1, 0.15) is 11.4 Å². The van der Waals surface area contributed by atoms with E-state index in [1.807, 2.05) is 0 Å². The number of carboxylic acid groups (broad SMARTS) is 1. The molecule has 0 radical (unpaired) electrons. The van der Waals surface area contributed by atoms with Gasteiger partial charge in [-0.25, -0.2) is 13.6 Å². The van der Waals surface area contributed by atoms with Gasteiger partial charge in [0.05, 0.1) is 10.9 Å². The summed E-state index contributed by atoms with van der Waals surface area (Å²) in [5.74, 6) is -3.25. The largest absolute Gasteiger partial charge is 0.477 e. The van der Waals surface area contributed by atoms with Crippen LogP contribution in [0.2, 0.25) is 0 Å². The number of nitrogens with zero attached hydrogens (tertiary/aromatic N) is 1. The fourth-order valence-corrected chi connectivity index (χ4v) is 2.46. The van der Waals surface area contributed by atoms with Gasteiger partial charge in [0.2, 0.25) is 5.43 Å². The molecule has 1 fully saturated rings. The molecule has 22 heavy (non-hydrogen) atoms. The maximum Gasteiger partial charge on any atom is 0.341 e. The van der Waals surface area contributed by atoms with E-state index in [-0.39, 0.29) is 41.5 Å². The zero-order valence-corrected chi connectivity index (χ0v) is 12.1. The highest BCUT2D eigenvalue weighted by atomic mass is 35.5. The summed E-state index contributed by atoms with van der Waals surface area (Å²) in [5, 5.41) is 8.80. The Morgan fingerprint density at radius 1 is 1.41 bits per heavy atom. The predicted octanol–water partition coefficient (Wildman–Crippen LogP) is 2.19. The molecule has 1 aromatic heterocycles.